The third kappa shape index (κ3) is 3.38. The quantitative estimate of drug-likeness (QED) is 0.621. The number of esters is 1. The van der Waals surface area contributed by atoms with E-state index in [9.17, 15) is 4.79 Å². The third-order valence-corrected chi connectivity index (χ3v) is 2.68. The van der Waals surface area contributed by atoms with Crippen LogP contribution in [0.1, 0.15) is 19.5 Å². The zero-order valence-corrected chi connectivity index (χ0v) is 11.9. The van der Waals surface area contributed by atoms with Gasteiger partial charge in [-0.1, -0.05) is 32.0 Å². The fraction of sp³-hybridized carbons (Fsp3) is 0.333. The highest BCUT2D eigenvalue weighted by atomic mass is 16.7. The molecule has 0 fully saturated rings. The Morgan fingerprint density at radius 2 is 2.00 bits per heavy atom. The molecule has 0 amide bonds. The fourth-order valence-electron chi connectivity index (χ4n) is 1.65. The molecule has 0 atom stereocenters. The van der Waals surface area contributed by atoms with E-state index in [1.54, 1.807) is 24.6 Å². The van der Waals surface area contributed by atoms with E-state index in [1.165, 1.54) is 0 Å². The molecule has 0 spiro atoms. The van der Waals surface area contributed by atoms with Crippen molar-refractivity contribution < 1.29 is 14.3 Å². The number of para-hydroxylation sites is 1. The van der Waals surface area contributed by atoms with Crippen LogP contribution in [0.5, 0.6) is 5.88 Å². The molecule has 2 rings (SSSR count). The molecule has 0 saturated heterocycles. The predicted molar refractivity (Wildman–Crippen MR) is 74.7 cm³/mol. The first-order chi connectivity index (χ1) is 9.58. The van der Waals surface area contributed by atoms with Gasteiger partial charge in [0.2, 0.25) is 12.7 Å². The highest BCUT2D eigenvalue weighted by molar-refractivity contribution is 5.71. The molecule has 0 aliphatic carbocycles. The van der Waals surface area contributed by atoms with E-state index in [0.717, 1.165) is 11.4 Å². The van der Waals surface area contributed by atoms with Crippen molar-refractivity contribution in [3.05, 3.63) is 42.1 Å². The number of hydrogen-bond acceptors (Lipinski definition) is 4. The lowest BCUT2D eigenvalue weighted by atomic mass is 10.2. The van der Waals surface area contributed by atoms with Crippen LogP contribution in [-0.4, -0.2) is 22.5 Å². The van der Waals surface area contributed by atoms with Crippen molar-refractivity contribution in [3.63, 3.8) is 0 Å². The van der Waals surface area contributed by atoms with Gasteiger partial charge in [0, 0.05) is 6.07 Å². The van der Waals surface area contributed by atoms with E-state index in [2.05, 4.69) is 5.10 Å². The van der Waals surface area contributed by atoms with Crippen molar-refractivity contribution in [1.29, 1.82) is 0 Å². The normalized spacial score (nSPS) is 10.6. The minimum atomic E-state index is -0.285. The van der Waals surface area contributed by atoms with Gasteiger partial charge in [0.15, 0.2) is 0 Å². The molecule has 1 heterocycles. The van der Waals surface area contributed by atoms with E-state index >= 15 is 0 Å². The molecule has 0 N–H and O–H groups in total. The Labute approximate surface area is 118 Å². The largest absolute Gasteiger partial charge is 0.440 e. The summed E-state index contributed by atoms with van der Waals surface area (Å²) in [7, 11) is 0. The summed E-state index contributed by atoms with van der Waals surface area (Å²) in [6.07, 6.45) is 0. The molecule has 1 aromatic carbocycles. The highest BCUT2D eigenvalue weighted by Gasteiger charge is 2.11. The van der Waals surface area contributed by atoms with Crippen molar-refractivity contribution in [2.75, 3.05) is 6.79 Å². The standard InChI is InChI=1S/C15H18N2O3/c1-11(2)15(18)20-10-19-14-9-12(3)16-17(14)13-7-5-4-6-8-13/h4-9,11H,10H2,1-3H3. The molecule has 5 heteroatoms. The number of carbonyl (C=O) groups is 1. The van der Waals surface area contributed by atoms with Crippen LogP contribution in [0.3, 0.4) is 0 Å². The number of benzene rings is 1. The van der Waals surface area contributed by atoms with Crippen molar-refractivity contribution in [3.8, 4) is 11.6 Å². The molecule has 106 valence electrons. The van der Waals surface area contributed by atoms with Gasteiger partial charge < -0.3 is 9.47 Å². The van der Waals surface area contributed by atoms with E-state index in [1.807, 2.05) is 37.3 Å². The summed E-state index contributed by atoms with van der Waals surface area (Å²) in [6.45, 7) is 5.32. The van der Waals surface area contributed by atoms with Crippen molar-refractivity contribution in [2.45, 2.75) is 20.8 Å². The lowest BCUT2D eigenvalue weighted by Gasteiger charge is -2.10. The molecule has 5 nitrogen and oxygen atoms in total. The van der Waals surface area contributed by atoms with E-state index < -0.39 is 0 Å². The smallest absolute Gasteiger partial charge is 0.311 e. The maximum absolute atomic E-state index is 11.4. The van der Waals surface area contributed by atoms with E-state index in [0.29, 0.717) is 5.88 Å². The zero-order valence-electron chi connectivity index (χ0n) is 11.9. The van der Waals surface area contributed by atoms with Crippen LogP contribution >= 0.6 is 0 Å². The second kappa shape index (κ2) is 6.23. The van der Waals surface area contributed by atoms with Crippen molar-refractivity contribution >= 4 is 5.97 Å². The monoisotopic (exact) mass is 274 g/mol. The number of nitrogens with zero attached hydrogens (tertiary/aromatic N) is 2. The SMILES string of the molecule is Cc1cc(OCOC(=O)C(C)C)n(-c2ccccc2)n1. The van der Waals surface area contributed by atoms with Gasteiger partial charge >= 0.3 is 5.97 Å². The predicted octanol–water partition coefficient (Wildman–Crippen LogP) is 2.72. The molecule has 20 heavy (non-hydrogen) atoms. The van der Waals surface area contributed by atoms with Crippen LogP contribution in [0.15, 0.2) is 36.4 Å². The third-order valence-electron chi connectivity index (χ3n) is 2.68. The summed E-state index contributed by atoms with van der Waals surface area (Å²) in [5.41, 5.74) is 1.73. The van der Waals surface area contributed by atoms with Gasteiger partial charge in [-0.05, 0) is 19.1 Å². The summed E-state index contributed by atoms with van der Waals surface area (Å²) in [5.74, 6) is 0.0946. The topological polar surface area (TPSA) is 53.4 Å². The number of rotatable bonds is 5. The van der Waals surface area contributed by atoms with Gasteiger partial charge in [-0.3, -0.25) is 4.79 Å². The molecule has 1 aromatic heterocycles. The Morgan fingerprint density at radius 1 is 1.30 bits per heavy atom. The Balaban J connectivity index is 2.07. The van der Waals surface area contributed by atoms with Gasteiger partial charge in [-0.25, -0.2) is 4.68 Å². The fourth-order valence-corrected chi connectivity index (χ4v) is 1.65. The second-order valence-electron chi connectivity index (χ2n) is 4.75. The first-order valence-electron chi connectivity index (χ1n) is 6.49. The minimum absolute atomic E-state index is 0.116. The second-order valence-corrected chi connectivity index (χ2v) is 4.75. The number of aromatic nitrogens is 2. The Morgan fingerprint density at radius 3 is 2.65 bits per heavy atom. The van der Waals surface area contributed by atoms with Gasteiger partial charge in [0.1, 0.15) is 0 Å². The van der Waals surface area contributed by atoms with Gasteiger partial charge in [0.05, 0.1) is 17.3 Å². The van der Waals surface area contributed by atoms with Crippen LogP contribution in [0.2, 0.25) is 0 Å². The molecule has 0 unspecified atom stereocenters. The molecule has 0 radical (unpaired) electrons. The van der Waals surface area contributed by atoms with Crippen LogP contribution in [0.4, 0.5) is 0 Å². The summed E-state index contributed by atoms with van der Waals surface area (Å²) in [5, 5.41) is 4.36. The molecule has 0 saturated carbocycles. The van der Waals surface area contributed by atoms with E-state index in [4.69, 9.17) is 9.47 Å². The van der Waals surface area contributed by atoms with Gasteiger partial charge in [-0.2, -0.15) is 5.10 Å². The number of ether oxygens (including phenoxy) is 2. The lowest BCUT2D eigenvalue weighted by molar-refractivity contribution is -0.154. The van der Waals surface area contributed by atoms with Gasteiger partial charge in [0.25, 0.3) is 0 Å². The summed E-state index contributed by atoms with van der Waals surface area (Å²) in [6, 6.07) is 11.4. The zero-order chi connectivity index (χ0) is 14.5. The minimum Gasteiger partial charge on any atom is -0.440 e. The number of carbonyl (C=O) groups excluding carboxylic acids is 1. The van der Waals surface area contributed by atoms with Crippen molar-refractivity contribution in [1.82, 2.24) is 9.78 Å². The summed E-state index contributed by atoms with van der Waals surface area (Å²) < 4.78 is 12.2. The Kier molecular flexibility index (Phi) is 4.40. The van der Waals surface area contributed by atoms with Crippen LogP contribution in [0, 0.1) is 12.8 Å². The first-order valence-corrected chi connectivity index (χ1v) is 6.49. The molecular weight excluding hydrogens is 256 g/mol. The van der Waals surface area contributed by atoms with E-state index in [-0.39, 0.29) is 18.7 Å². The summed E-state index contributed by atoms with van der Waals surface area (Å²) in [4.78, 5) is 11.4. The summed E-state index contributed by atoms with van der Waals surface area (Å²) >= 11 is 0. The number of aryl methyl sites for hydroxylation is 1. The Bertz CT molecular complexity index is 576. The first kappa shape index (κ1) is 14.1. The maximum Gasteiger partial charge on any atom is 0.311 e. The van der Waals surface area contributed by atoms with Crippen LogP contribution < -0.4 is 4.74 Å². The van der Waals surface area contributed by atoms with Crippen LogP contribution in [-0.2, 0) is 9.53 Å². The van der Waals surface area contributed by atoms with Gasteiger partial charge in [-0.15, -0.1) is 0 Å². The lowest BCUT2D eigenvalue weighted by Crippen LogP contribution is -2.16. The molecule has 0 aliphatic rings. The molecule has 0 aliphatic heterocycles. The average Bonchev–Trinajstić information content (AvgIpc) is 2.80. The highest BCUT2D eigenvalue weighted by Crippen LogP contribution is 2.19. The Hall–Kier alpha value is -2.30. The maximum atomic E-state index is 11.4. The number of hydrogen-bond donors (Lipinski definition) is 0. The van der Waals surface area contributed by atoms with Crippen molar-refractivity contribution in [2.24, 2.45) is 5.92 Å². The van der Waals surface area contributed by atoms with Crippen LogP contribution in [0.25, 0.3) is 5.69 Å². The average molecular weight is 274 g/mol. The molecule has 0 bridgehead atoms. The molecular formula is C15H18N2O3. The molecule has 2 aromatic rings.